The maximum atomic E-state index is 11.3. The zero-order valence-corrected chi connectivity index (χ0v) is 15.2. The molecule has 144 valence electrons. The molecule has 2 atom stereocenters. The first-order valence-electron chi connectivity index (χ1n) is 9.39. The highest BCUT2D eigenvalue weighted by atomic mass is 16.6. The number of rotatable bonds is 6. The van der Waals surface area contributed by atoms with Gasteiger partial charge in [0, 0.05) is 50.5 Å². The molecular formula is C19H24N4O4. The van der Waals surface area contributed by atoms with E-state index in [0.29, 0.717) is 22.9 Å². The fraction of sp³-hybridized carbons (Fsp3) is 0.526. The summed E-state index contributed by atoms with van der Waals surface area (Å²) in [6.45, 7) is 5.69. The van der Waals surface area contributed by atoms with Crippen molar-refractivity contribution in [2.45, 2.75) is 12.5 Å². The lowest BCUT2D eigenvalue weighted by molar-refractivity contribution is -0.383. The molecule has 27 heavy (non-hydrogen) atoms. The standard InChI is InChI=1S/C19H24N4O4/c24-23(25)17-4-3-16(19-15(17)2-1-6-20-19)21-12-18(14-5-9-27-13-14)22-7-10-26-11-8-22/h1-4,6,14,18,21H,5,7-13H2/t14-,18-/m0/s1. The van der Waals surface area contributed by atoms with E-state index in [4.69, 9.17) is 9.47 Å². The molecule has 1 aromatic carbocycles. The fourth-order valence-electron chi connectivity index (χ4n) is 4.03. The molecular weight excluding hydrogens is 348 g/mol. The number of benzene rings is 1. The third kappa shape index (κ3) is 3.87. The van der Waals surface area contributed by atoms with Crippen LogP contribution in [0.3, 0.4) is 0 Å². The molecule has 2 saturated heterocycles. The van der Waals surface area contributed by atoms with Crippen molar-refractivity contribution in [3.8, 4) is 0 Å². The van der Waals surface area contributed by atoms with Crippen LogP contribution in [0.1, 0.15) is 6.42 Å². The SMILES string of the molecule is O=[N+]([O-])c1ccc(NC[C@@H]([C@H]2CCOC2)N2CCOCC2)c2ncccc12. The van der Waals surface area contributed by atoms with Crippen molar-refractivity contribution in [1.29, 1.82) is 0 Å². The van der Waals surface area contributed by atoms with Gasteiger partial charge in [-0.05, 0) is 24.6 Å². The van der Waals surface area contributed by atoms with Crippen LogP contribution in [-0.2, 0) is 9.47 Å². The van der Waals surface area contributed by atoms with Gasteiger partial charge in [-0.3, -0.25) is 20.0 Å². The number of morpholine rings is 1. The number of hydrogen-bond donors (Lipinski definition) is 1. The Hall–Kier alpha value is -2.29. The Kier molecular flexibility index (Phi) is 5.47. The van der Waals surface area contributed by atoms with E-state index in [1.165, 1.54) is 0 Å². The van der Waals surface area contributed by atoms with Gasteiger partial charge in [0.15, 0.2) is 0 Å². The van der Waals surface area contributed by atoms with E-state index >= 15 is 0 Å². The predicted octanol–water partition coefficient (Wildman–Crippen LogP) is 2.29. The summed E-state index contributed by atoms with van der Waals surface area (Å²) in [6, 6.07) is 7.12. The molecule has 3 heterocycles. The van der Waals surface area contributed by atoms with Crippen LogP contribution < -0.4 is 5.32 Å². The summed E-state index contributed by atoms with van der Waals surface area (Å²) in [5.74, 6) is 0.480. The molecule has 8 nitrogen and oxygen atoms in total. The molecule has 8 heteroatoms. The highest BCUT2D eigenvalue weighted by molar-refractivity contribution is 5.96. The zero-order valence-electron chi connectivity index (χ0n) is 15.2. The summed E-state index contributed by atoms with van der Waals surface area (Å²) in [5.41, 5.74) is 1.54. The predicted molar refractivity (Wildman–Crippen MR) is 102 cm³/mol. The first kappa shape index (κ1) is 18.1. The number of nitro groups is 1. The summed E-state index contributed by atoms with van der Waals surface area (Å²) < 4.78 is 11.1. The van der Waals surface area contributed by atoms with Crippen LogP contribution in [0.4, 0.5) is 11.4 Å². The summed E-state index contributed by atoms with van der Waals surface area (Å²) in [5, 5.41) is 15.4. The summed E-state index contributed by atoms with van der Waals surface area (Å²) in [7, 11) is 0. The highest BCUT2D eigenvalue weighted by Crippen LogP contribution is 2.30. The minimum Gasteiger partial charge on any atom is -0.382 e. The van der Waals surface area contributed by atoms with Gasteiger partial charge in [0.2, 0.25) is 0 Å². The molecule has 4 rings (SSSR count). The average Bonchev–Trinajstić information content (AvgIpc) is 3.23. The van der Waals surface area contributed by atoms with Gasteiger partial charge in [-0.25, -0.2) is 0 Å². The van der Waals surface area contributed by atoms with Gasteiger partial charge in [0.1, 0.15) is 5.52 Å². The van der Waals surface area contributed by atoms with E-state index in [9.17, 15) is 10.1 Å². The van der Waals surface area contributed by atoms with Crippen molar-refractivity contribution in [3.63, 3.8) is 0 Å². The van der Waals surface area contributed by atoms with Crippen molar-refractivity contribution in [3.05, 3.63) is 40.6 Å². The number of fused-ring (bicyclic) bond motifs is 1. The number of pyridine rings is 1. The topological polar surface area (TPSA) is 89.8 Å². The lowest BCUT2D eigenvalue weighted by Crippen LogP contribution is -2.50. The molecule has 1 N–H and O–H groups in total. The normalized spacial score (nSPS) is 22.0. The Morgan fingerprint density at radius 3 is 2.85 bits per heavy atom. The Morgan fingerprint density at radius 2 is 2.11 bits per heavy atom. The second-order valence-corrected chi connectivity index (χ2v) is 7.01. The van der Waals surface area contributed by atoms with E-state index in [1.807, 2.05) is 0 Å². The molecule has 1 aromatic heterocycles. The minimum absolute atomic E-state index is 0.0811. The minimum atomic E-state index is -0.361. The monoisotopic (exact) mass is 372 g/mol. The Bertz CT molecular complexity index is 803. The summed E-state index contributed by atoms with van der Waals surface area (Å²) in [4.78, 5) is 17.8. The summed E-state index contributed by atoms with van der Waals surface area (Å²) in [6.07, 6.45) is 2.73. The number of nitrogens with one attached hydrogen (secondary N) is 1. The molecule has 0 aliphatic carbocycles. The van der Waals surface area contributed by atoms with Gasteiger partial charge in [0.05, 0.1) is 35.8 Å². The Balaban J connectivity index is 1.57. The van der Waals surface area contributed by atoms with Crippen LogP contribution in [0, 0.1) is 16.0 Å². The van der Waals surface area contributed by atoms with E-state index in [1.54, 1.807) is 30.5 Å². The van der Waals surface area contributed by atoms with Gasteiger partial charge in [0.25, 0.3) is 5.69 Å². The lowest BCUT2D eigenvalue weighted by Gasteiger charge is -2.37. The number of non-ortho nitro benzene ring substituents is 1. The first-order valence-corrected chi connectivity index (χ1v) is 9.39. The van der Waals surface area contributed by atoms with E-state index in [0.717, 1.165) is 58.2 Å². The van der Waals surface area contributed by atoms with Crippen molar-refractivity contribution in [2.24, 2.45) is 5.92 Å². The van der Waals surface area contributed by atoms with Gasteiger partial charge in [-0.2, -0.15) is 0 Å². The van der Waals surface area contributed by atoms with Crippen molar-refractivity contribution >= 4 is 22.3 Å². The molecule has 2 fully saturated rings. The van der Waals surface area contributed by atoms with Crippen LogP contribution in [0.25, 0.3) is 10.9 Å². The van der Waals surface area contributed by atoms with Crippen LogP contribution >= 0.6 is 0 Å². The molecule has 0 saturated carbocycles. The van der Waals surface area contributed by atoms with Crippen molar-refractivity contribution in [1.82, 2.24) is 9.88 Å². The van der Waals surface area contributed by atoms with Gasteiger partial charge >= 0.3 is 0 Å². The molecule has 0 radical (unpaired) electrons. The number of nitrogens with zero attached hydrogens (tertiary/aromatic N) is 3. The summed E-state index contributed by atoms with van der Waals surface area (Å²) >= 11 is 0. The molecule has 0 spiro atoms. The van der Waals surface area contributed by atoms with Crippen LogP contribution in [-0.4, -0.2) is 66.9 Å². The van der Waals surface area contributed by atoms with E-state index in [-0.39, 0.29) is 10.6 Å². The number of anilines is 1. The van der Waals surface area contributed by atoms with Crippen LogP contribution in [0.15, 0.2) is 30.5 Å². The molecule has 2 aliphatic heterocycles. The third-order valence-corrected chi connectivity index (χ3v) is 5.47. The quantitative estimate of drug-likeness (QED) is 0.615. The largest absolute Gasteiger partial charge is 0.382 e. The average molecular weight is 372 g/mol. The van der Waals surface area contributed by atoms with Crippen molar-refractivity contribution in [2.75, 3.05) is 51.4 Å². The molecule has 2 aromatic rings. The van der Waals surface area contributed by atoms with Gasteiger partial charge < -0.3 is 14.8 Å². The Morgan fingerprint density at radius 1 is 1.26 bits per heavy atom. The Labute approximate surface area is 157 Å². The number of nitro benzene ring substituents is 1. The molecule has 0 amide bonds. The lowest BCUT2D eigenvalue weighted by atomic mass is 9.96. The molecule has 0 bridgehead atoms. The number of aromatic nitrogens is 1. The molecule has 0 unspecified atom stereocenters. The second kappa shape index (κ2) is 8.16. The smallest absolute Gasteiger partial charge is 0.278 e. The fourth-order valence-corrected chi connectivity index (χ4v) is 4.03. The van der Waals surface area contributed by atoms with Gasteiger partial charge in [-0.1, -0.05) is 0 Å². The second-order valence-electron chi connectivity index (χ2n) is 7.01. The molecule has 2 aliphatic rings. The zero-order chi connectivity index (χ0) is 18.6. The maximum absolute atomic E-state index is 11.3. The number of hydrogen-bond acceptors (Lipinski definition) is 7. The highest BCUT2D eigenvalue weighted by Gasteiger charge is 2.31. The van der Waals surface area contributed by atoms with Crippen LogP contribution in [0.5, 0.6) is 0 Å². The maximum Gasteiger partial charge on any atom is 0.278 e. The third-order valence-electron chi connectivity index (χ3n) is 5.47. The van der Waals surface area contributed by atoms with Crippen LogP contribution in [0.2, 0.25) is 0 Å². The first-order chi connectivity index (χ1) is 13.2. The van der Waals surface area contributed by atoms with E-state index < -0.39 is 0 Å². The number of ether oxygens (including phenoxy) is 2. The van der Waals surface area contributed by atoms with Crippen molar-refractivity contribution < 1.29 is 14.4 Å². The van der Waals surface area contributed by atoms with E-state index in [2.05, 4.69) is 15.2 Å². The van der Waals surface area contributed by atoms with Gasteiger partial charge in [-0.15, -0.1) is 0 Å².